The van der Waals surface area contributed by atoms with Gasteiger partial charge in [0.1, 0.15) is 0 Å². The molecule has 6 heteroatoms. The zero-order valence-electron chi connectivity index (χ0n) is 12.2. The van der Waals surface area contributed by atoms with Crippen LogP contribution in [0.3, 0.4) is 0 Å². The lowest BCUT2D eigenvalue weighted by Crippen LogP contribution is -2.42. The molecule has 0 saturated heterocycles. The average molecular weight is 272 g/mol. The van der Waals surface area contributed by atoms with E-state index in [2.05, 4.69) is 5.32 Å². The van der Waals surface area contributed by atoms with Gasteiger partial charge < -0.3 is 10.0 Å². The number of nitrogens with one attached hydrogen (secondary N) is 1. The van der Waals surface area contributed by atoms with Crippen molar-refractivity contribution in [2.24, 2.45) is 5.41 Å². The van der Waals surface area contributed by atoms with E-state index in [1.807, 2.05) is 6.92 Å². The predicted molar refractivity (Wildman–Crippen MR) is 71.7 cm³/mol. The van der Waals surface area contributed by atoms with Crippen molar-refractivity contribution in [3.8, 4) is 0 Å². The van der Waals surface area contributed by atoms with Gasteiger partial charge in [-0.2, -0.15) is 0 Å². The van der Waals surface area contributed by atoms with Gasteiger partial charge in [0.25, 0.3) is 0 Å². The van der Waals surface area contributed by atoms with Crippen LogP contribution in [0.4, 0.5) is 4.79 Å². The second kappa shape index (κ2) is 7.76. The molecule has 0 atom stereocenters. The molecule has 6 nitrogen and oxygen atoms in total. The summed E-state index contributed by atoms with van der Waals surface area (Å²) in [5.41, 5.74) is -0.668. The fourth-order valence-corrected chi connectivity index (χ4v) is 1.66. The molecule has 110 valence electrons. The van der Waals surface area contributed by atoms with Crippen molar-refractivity contribution in [1.82, 2.24) is 10.2 Å². The quantitative estimate of drug-likeness (QED) is 0.740. The van der Waals surface area contributed by atoms with Gasteiger partial charge in [-0.3, -0.25) is 14.9 Å². The second-order valence-electron chi connectivity index (χ2n) is 5.54. The molecule has 0 aromatic carbocycles. The highest BCUT2D eigenvalue weighted by Crippen LogP contribution is 2.24. The SMILES string of the molecule is CCCCN(C)C(=O)NC(=O)CC(C)(C)CC(=O)O. The van der Waals surface area contributed by atoms with Crippen molar-refractivity contribution in [2.75, 3.05) is 13.6 Å². The maximum atomic E-state index is 11.7. The standard InChI is InChI=1S/C13H24N2O4/c1-5-6-7-15(4)12(19)14-10(16)8-13(2,3)9-11(17)18/h5-9H2,1-4H3,(H,17,18)(H,14,16,19). The zero-order chi connectivity index (χ0) is 15.1. The number of urea groups is 1. The van der Waals surface area contributed by atoms with E-state index in [0.717, 1.165) is 12.8 Å². The number of hydrogen-bond acceptors (Lipinski definition) is 3. The summed E-state index contributed by atoms with van der Waals surface area (Å²) in [5.74, 6) is -1.40. The lowest BCUT2D eigenvalue weighted by atomic mass is 9.85. The fraction of sp³-hybridized carbons (Fsp3) is 0.769. The summed E-state index contributed by atoms with van der Waals surface area (Å²) < 4.78 is 0. The molecule has 0 aliphatic heterocycles. The number of amides is 3. The number of nitrogens with zero attached hydrogens (tertiary/aromatic N) is 1. The van der Waals surface area contributed by atoms with Crippen molar-refractivity contribution in [2.45, 2.75) is 46.5 Å². The maximum Gasteiger partial charge on any atom is 0.323 e. The number of carboxylic acids is 1. The van der Waals surface area contributed by atoms with Crippen LogP contribution < -0.4 is 5.32 Å². The molecule has 19 heavy (non-hydrogen) atoms. The summed E-state index contributed by atoms with van der Waals surface area (Å²) >= 11 is 0. The van der Waals surface area contributed by atoms with Gasteiger partial charge in [-0.25, -0.2) is 4.79 Å². The number of rotatable bonds is 7. The summed E-state index contributed by atoms with van der Waals surface area (Å²) in [5, 5.41) is 11.0. The summed E-state index contributed by atoms with van der Waals surface area (Å²) in [6.07, 6.45) is 1.74. The van der Waals surface area contributed by atoms with Crippen LogP contribution in [0.25, 0.3) is 0 Å². The second-order valence-corrected chi connectivity index (χ2v) is 5.54. The van der Waals surface area contributed by atoms with E-state index in [1.54, 1.807) is 20.9 Å². The van der Waals surface area contributed by atoms with Crippen molar-refractivity contribution in [3.05, 3.63) is 0 Å². The zero-order valence-corrected chi connectivity index (χ0v) is 12.2. The van der Waals surface area contributed by atoms with Crippen LogP contribution in [0, 0.1) is 5.41 Å². The summed E-state index contributed by atoms with van der Waals surface area (Å²) in [6, 6.07) is -0.440. The highest BCUT2D eigenvalue weighted by atomic mass is 16.4. The van der Waals surface area contributed by atoms with Crippen LogP contribution in [0.2, 0.25) is 0 Å². The van der Waals surface area contributed by atoms with Crippen molar-refractivity contribution >= 4 is 17.9 Å². The van der Waals surface area contributed by atoms with Crippen LogP contribution in [-0.2, 0) is 9.59 Å². The van der Waals surface area contributed by atoms with Crippen molar-refractivity contribution in [1.29, 1.82) is 0 Å². The van der Waals surface area contributed by atoms with Crippen molar-refractivity contribution < 1.29 is 19.5 Å². The number of carbonyl (C=O) groups excluding carboxylic acids is 2. The van der Waals surface area contributed by atoms with Gasteiger partial charge >= 0.3 is 12.0 Å². The van der Waals surface area contributed by atoms with Gasteiger partial charge in [-0.1, -0.05) is 27.2 Å². The first-order valence-electron chi connectivity index (χ1n) is 6.44. The lowest BCUT2D eigenvalue weighted by molar-refractivity contribution is -0.139. The molecule has 0 aliphatic carbocycles. The normalized spacial score (nSPS) is 10.9. The van der Waals surface area contributed by atoms with E-state index < -0.39 is 23.3 Å². The Labute approximate surface area is 114 Å². The Kier molecular flexibility index (Phi) is 7.11. The van der Waals surface area contributed by atoms with Gasteiger partial charge in [0.2, 0.25) is 5.91 Å². The van der Waals surface area contributed by atoms with E-state index in [0.29, 0.717) is 6.54 Å². The molecule has 0 radical (unpaired) electrons. The van der Waals surface area contributed by atoms with Gasteiger partial charge in [0.05, 0.1) is 6.42 Å². The maximum absolute atomic E-state index is 11.7. The smallest absolute Gasteiger partial charge is 0.323 e. The number of carbonyl (C=O) groups is 3. The molecule has 2 N–H and O–H groups in total. The third-order valence-corrected chi connectivity index (χ3v) is 2.71. The molecule has 0 aliphatic rings. The molecule has 0 saturated carbocycles. The van der Waals surface area contributed by atoms with E-state index in [9.17, 15) is 14.4 Å². The Morgan fingerprint density at radius 2 is 1.79 bits per heavy atom. The first-order valence-corrected chi connectivity index (χ1v) is 6.44. The van der Waals surface area contributed by atoms with Crippen LogP contribution in [0.1, 0.15) is 46.5 Å². The van der Waals surface area contributed by atoms with E-state index in [4.69, 9.17) is 5.11 Å². The number of carboxylic acid groups (broad SMARTS) is 1. The first kappa shape index (κ1) is 17.4. The first-order chi connectivity index (χ1) is 8.68. The molecular weight excluding hydrogens is 248 g/mol. The van der Waals surface area contributed by atoms with Gasteiger partial charge in [-0.15, -0.1) is 0 Å². The Morgan fingerprint density at radius 3 is 2.26 bits per heavy atom. The third-order valence-electron chi connectivity index (χ3n) is 2.71. The van der Waals surface area contributed by atoms with E-state index >= 15 is 0 Å². The van der Waals surface area contributed by atoms with Crippen LogP contribution in [0.5, 0.6) is 0 Å². The minimum Gasteiger partial charge on any atom is -0.481 e. The lowest BCUT2D eigenvalue weighted by Gasteiger charge is -2.22. The molecular formula is C13H24N2O4. The number of hydrogen-bond donors (Lipinski definition) is 2. The average Bonchev–Trinajstić information content (AvgIpc) is 2.22. The molecule has 3 amide bonds. The minimum atomic E-state index is -0.954. The summed E-state index contributed by atoms with van der Waals surface area (Å²) in [4.78, 5) is 35.4. The minimum absolute atomic E-state index is 0.00660. The largest absolute Gasteiger partial charge is 0.481 e. The molecule has 0 bridgehead atoms. The fourth-order valence-electron chi connectivity index (χ4n) is 1.66. The molecule has 0 rings (SSSR count). The molecule has 0 aromatic heterocycles. The van der Waals surface area contributed by atoms with Gasteiger partial charge in [0, 0.05) is 20.0 Å². The summed E-state index contributed by atoms with van der Waals surface area (Å²) in [6.45, 7) is 5.98. The Hall–Kier alpha value is -1.59. The summed E-state index contributed by atoms with van der Waals surface area (Å²) in [7, 11) is 1.63. The Morgan fingerprint density at radius 1 is 1.21 bits per heavy atom. The molecule has 0 heterocycles. The molecule has 0 aromatic rings. The Balaban J connectivity index is 4.23. The van der Waals surface area contributed by atoms with E-state index in [1.165, 1.54) is 4.90 Å². The third kappa shape index (κ3) is 8.18. The molecule has 0 spiro atoms. The molecule has 0 fully saturated rings. The number of aliphatic carboxylic acids is 1. The molecule has 0 unspecified atom stereocenters. The van der Waals surface area contributed by atoms with Crippen LogP contribution in [-0.4, -0.2) is 41.5 Å². The van der Waals surface area contributed by atoms with Gasteiger partial charge in [-0.05, 0) is 11.8 Å². The monoisotopic (exact) mass is 272 g/mol. The predicted octanol–water partition coefficient (Wildman–Crippen LogP) is 1.85. The van der Waals surface area contributed by atoms with Crippen LogP contribution >= 0.6 is 0 Å². The highest BCUT2D eigenvalue weighted by Gasteiger charge is 2.26. The van der Waals surface area contributed by atoms with E-state index in [-0.39, 0.29) is 12.8 Å². The van der Waals surface area contributed by atoms with Crippen LogP contribution in [0.15, 0.2) is 0 Å². The topological polar surface area (TPSA) is 86.7 Å². The van der Waals surface area contributed by atoms with Crippen molar-refractivity contribution in [3.63, 3.8) is 0 Å². The Bertz CT molecular complexity index is 340. The van der Waals surface area contributed by atoms with Gasteiger partial charge in [0.15, 0.2) is 0 Å². The number of imide groups is 1. The highest BCUT2D eigenvalue weighted by molar-refractivity contribution is 5.94. The number of unbranched alkanes of at least 4 members (excludes halogenated alkanes) is 1.